The van der Waals surface area contributed by atoms with E-state index in [0.29, 0.717) is 10.6 Å². The number of nitrogens with zero attached hydrogens (tertiary/aromatic N) is 2. The second-order valence-electron chi connectivity index (χ2n) is 4.29. The number of nitriles is 1. The lowest BCUT2D eigenvalue weighted by molar-refractivity contribution is 1.31. The Morgan fingerprint density at radius 3 is 2.63 bits per heavy atom. The van der Waals surface area contributed by atoms with Gasteiger partial charge in [0, 0.05) is 18.0 Å². The van der Waals surface area contributed by atoms with Crippen molar-refractivity contribution in [2.75, 3.05) is 0 Å². The lowest BCUT2D eigenvalue weighted by Gasteiger charge is -2.09. The molecule has 0 atom stereocenters. The van der Waals surface area contributed by atoms with Gasteiger partial charge in [0.2, 0.25) is 0 Å². The molecule has 0 saturated carbocycles. The molecule has 0 aliphatic rings. The molecular weight excluding hydrogens is 256 g/mol. The van der Waals surface area contributed by atoms with Gasteiger partial charge in [-0.15, -0.1) is 0 Å². The second-order valence-corrected chi connectivity index (χ2v) is 4.67. The molecule has 1 aromatic heterocycles. The number of aromatic nitrogens is 1. The van der Waals surface area contributed by atoms with E-state index >= 15 is 0 Å². The number of benzene rings is 1. The third-order valence-electron chi connectivity index (χ3n) is 3.12. The summed E-state index contributed by atoms with van der Waals surface area (Å²) < 4.78 is 0. The van der Waals surface area contributed by atoms with Gasteiger partial charge in [-0.2, -0.15) is 5.26 Å². The van der Waals surface area contributed by atoms with Gasteiger partial charge >= 0.3 is 0 Å². The average molecular weight is 269 g/mol. The molecule has 94 valence electrons. The molecule has 1 heterocycles. The fourth-order valence-electron chi connectivity index (χ4n) is 1.87. The van der Waals surface area contributed by atoms with E-state index in [9.17, 15) is 5.26 Å². The average Bonchev–Trinajstić information content (AvgIpc) is 2.44. The standard InChI is InChI=1S/C16H13ClN2/c1-11-5-3-7-14(12(11)2)16(17)15(9-18)13-6-4-8-19-10-13/h3-8,10H,1-2H3/b16-15+. The van der Waals surface area contributed by atoms with Crippen LogP contribution in [-0.4, -0.2) is 4.98 Å². The maximum Gasteiger partial charge on any atom is 0.101 e. The van der Waals surface area contributed by atoms with Crippen LogP contribution in [-0.2, 0) is 0 Å². The summed E-state index contributed by atoms with van der Waals surface area (Å²) in [5, 5.41) is 9.82. The summed E-state index contributed by atoms with van der Waals surface area (Å²) in [4.78, 5) is 4.03. The lowest BCUT2D eigenvalue weighted by atomic mass is 9.99. The van der Waals surface area contributed by atoms with E-state index in [2.05, 4.69) is 11.1 Å². The number of aryl methyl sites for hydroxylation is 1. The largest absolute Gasteiger partial charge is 0.264 e. The van der Waals surface area contributed by atoms with Gasteiger partial charge in [-0.1, -0.05) is 35.9 Å². The first kappa shape index (κ1) is 13.3. The highest BCUT2D eigenvalue weighted by Gasteiger charge is 2.12. The summed E-state index contributed by atoms with van der Waals surface area (Å²) in [5.74, 6) is 0. The first-order valence-electron chi connectivity index (χ1n) is 5.92. The van der Waals surface area contributed by atoms with Gasteiger partial charge in [0.25, 0.3) is 0 Å². The molecule has 19 heavy (non-hydrogen) atoms. The van der Waals surface area contributed by atoms with Crippen LogP contribution in [0.1, 0.15) is 22.3 Å². The SMILES string of the molecule is Cc1cccc(/C(Cl)=C(/C#N)c2cccnc2)c1C. The number of hydrogen-bond acceptors (Lipinski definition) is 2. The molecule has 2 nitrogen and oxygen atoms in total. The van der Waals surface area contributed by atoms with Crippen molar-refractivity contribution in [2.45, 2.75) is 13.8 Å². The van der Waals surface area contributed by atoms with Gasteiger partial charge in [0.15, 0.2) is 0 Å². The highest BCUT2D eigenvalue weighted by Crippen LogP contribution is 2.31. The van der Waals surface area contributed by atoms with E-state index < -0.39 is 0 Å². The Balaban J connectivity index is 2.63. The van der Waals surface area contributed by atoms with Crippen molar-refractivity contribution in [2.24, 2.45) is 0 Å². The van der Waals surface area contributed by atoms with E-state index in [1.807, 2.05) is 38.1 Å². The Kier molecular flexibility index (Phi) is 3.99. The summed E-state index contributed by atoms with van der Waals surface area (Å²) in [6.45, 7) is 4.03. The first-order valence-corrected chi connectivity index (χ1v) is 6.29. The van der Waals surface area contributed by atoms with Crippen LogP contribution in [0.5, 0.6) is 0 Å². The predicted octanol–water partition coefficient (Wildman–Crippen LogP) is 4.33. The van der Waals surface area contributed by atoms with Crippen molar-refractivity contribution in [3.63, 3.8) is 0 Å². The van der Waals surface area contributed by atoms with Crippen LogP contribution < -0.4 is 0 Å². The molecule has 0 amide bonds. The van der Waals surface area contributed by atoms with Crippen molar-refractivity contribution >= 4 is 22.2 Å². The monoisotopic (exact) mass is 268 g/mol. The molecule has 2 aromatic rings. The van der Waals surface area contributed by atoms with Gasteiger partial charge < -0.3 is 0 Å². The fourth-order valence-corrected chi connectivity index (χ4v) is 2.23. The minimum absolute atomic E-state index is 0.448. The quantitative estimate of drug-likeness (QED) is 0.760. The van der Waals surface area contributed by atoms with Crippen LogP contribution in [0, 0.1) is 25.2 Å². The van der Waals surface area contributed by atoms with E-state index in [-0.39, 0.29) is 0 Å². The lowest BCUT2D eigenvalue weighted by Crippen LogP contribution is -1.92. The first-order chi connectivity index (χ1) is 9.15. The third kappa shape index (κ3) is 2.67. The molecule has 0 fully saturated rings. The Hall–Kier alpha value is -2.11. The number of hydrogen-bond donors (Lipinski definition) is 0. The maximum absolute atomic E-state index is 9.35. The summed E-state index contributed by atoms with van der Waals surface area (Å²) in [5.41, 5.74) is 4.31. The van der Waals surface area contributed by atoms with E-state index in [4.69, 9.17) is 11.6 Å². The number of pyridine rings is 1. The van der Waals surface area contributed by atoms with Crippen LogP contribution in [0.15, 0.2) is 42.7 Å². The molecule has 0 aliphatic heterocycles. The predicted molar refractivity (Wildman–Crippen MR) is 78.4 cm³/mol. The van der Waals surface area contributed by atoms with Crippen LogP contribution >= 0.6 is 11.6 Å². The van der Waals surface area contributed by atoms with Crippen LogP contribution in [0.3, 0.4) is 0 Å². The molecule has 0 radical (unpaired) electrons. The van der Waals surface area contributed by atoms with Crippen LogP contribution in [0.4, 0.5) is 0 Å². The molecule has 0 saturated heterocycles. The van der Waals surface area contributed by atoms with Gasteiger partial charge in [-0.05, 0) is 36.6 Å². The summed E-state index contributed by atoms with van der Waals surface area (Å²) in [6, 6.07) is 11.7. The Morgan fingerprint density at radius 1 is 1.21 bits per heavy atom. The van der Waals surface area contributed by atoms with Crippen molar-refractivity contribution < 1.29 is 0 Å². The van der Waals surface area contributed by atoms with Crippen molar-refractivity contribution in [1.82, 2.24) is 4.98 Å². The van der Waals surface area contributed by atoms with Gasteiger partial charge in [0.05, 0.1) is 10.6 Å². The fraction of sp³-hybridized carbons (Fsp3) is 0.125. The molecule has 2 rings (SSSR count). The number of allylic oxidation sites excluding steroid dienone is 1. The van der Waals surface area contributed by atoms with E-state index in [1.165, 1.54) is 0 Å². The summed E-state index contributed by atoms with van der Waals surface area (Å²) >= 11 is 6.41. The smallest absolute Gasteiger partial charge is 0.101 e. The second kappa shape index (κ2) is 5.69. The normalized spacial score (nSPS) is 11.7. The maximum atomic E-state index is 9.35. The zero-order valence-corrected chi connectivity index (χ0v) is 11.6. The molecular formula is C16H13ClN2. The summed E-state index contributed by atoms with van der Waals surface area (Å²) in [6.07, 6.45) is 3.32. The van der Waals surface area contributed by atoms with Gasteiger partial charge in [0.1, 0.15) is 6.07 Å². The van der Waals surface area contributed by atoms with Gasteiger partial charge in [-0.3, -0.25) is 4.98 Å². The molecule has 3 heteroatoms. The van der Waals surface area contributed by atoms with Crippen LogP contribution in [0.25, 0.3) is 10.6 Å². The Labute approximate surface area is 118 Å². The number of halogens is 1. The molecule has 1 aromatic carbocycles. The van der Waals surface area contributed by atoms with Crippen molar-refractivity contribution in [1.29, 1.82) is 5.26 Å². The topological polar surface area (TPSA) is 36.7 Å². The molecule has 0 spiro atoms. The Morgan fingerprint density at radius 2 is 2.00 bits per heavy atom. The highest BCUT2D eigenvalue weighted by molar-refractivity contribution is 6.53. The van der Waals surface area contributed by atoms with E-state index in [1.54, 1.807) is 18.5 Å². The van der Waals surface area contributed by atoms with Crippen LogP contribution in [0.2, 0.25) is 0 Å². The van der Waals surface area contributed by atoms with Gasteiger partial charge in [-0.25, -0.2) is 0 Å². The molecule has 0 bridgehead atoms. The zero-order chi connectivity index (χ0) is 13.8. The number of rotatable bonds is 2. The summed E-state index contributed by atoms with van der Waals surface area (Å²) in [7, 11) is 0. The zero-order valence-electron chi connectivity index (χ0n) is 10.8. The third-order valence-corrected chi connectivity index (χ3v) is 3.52. The van der Waals surface area contributed by atoms with Crippen molar-refractivity contribution in [3.8, 4) is 6.07 Å². The molecule has 0 unspecified atom stereocenters. The Bertz CT molecular complexity index is 667. The minimum atomic E-state index is 0.448. The van der Waals surface area contributed by atoms with E-state index in [0.717, 1.165) is 22.3 Å². The molecule has 0 aliphatic carbocycles. The minimum Gasteiger partial charge on any atom is -0.264 e. The molecule has 0 N–H and O–H groups in total. The highest BCUT2D eigenvalue weighted by atomic mass is 35.5. The van der Waals surface area contributed by atoms with Crippen molar-refractivity contribution in [3.05, 3.63) is 65.0 Å².